The van der Waals surface area contributed by atoms with Crippen molar-refractivity contribution in [3.8, 4) is 0 Å². The van der Waals surface area contributed by atoms with Crippen LogP contribution in [0.1, 0.15) is 65.0 Å². The number of rotatable bonds is 2. The number of benzene rings is 1. The van der Waals surface area contributed by atoms with Crippen LogP contribution >= 0.6 is 0 Å². The molecule has 1 heteroatoms. The molecule has 2 unspecified atom stereocenters. The van der Waals surface area contributed by atoms with Gasteiger partial charge in [-0.1, -0.05) is 58.9 Å². The molecule has 1 aromatic carbocycles. The van der Waals surface area contributed by atoms with Crippen molar-refractivity contribution in [1.29, 1.82) is 0 Å². The summed E-state index contributed by atoms with van der Waals surface area (Å²) in [5, 5.41) is 0. The Morgan fingerprint density at radius 1 is 1.05 bits per heavy atom. The second-order valence-corrected chi connectivity index (χ2v) is 8.34. The van der Waals surface area contributed by atoms with Gasteiger partial charge in [0.15, 0.2) is 0 Å². The molecule has 2 rings (SSSR count). The minimum atomic E-state index is 0.000330. The molecular formula is C19H31N. The van der Waals surface area contributed by atoms with Gasteiger partial charge >= 0.3 is 0 Å². The maximum Gasteiger partial charge on any atom is 0.0200 e. The smallest absolute Gasteiger partial charge is 0.0200 e. The molecule has 1 aromatic rings. The van der Waals surface area contributed by atoms with E-state index in [1.54, 1.807) is 0 Å². The average molecular weight is 273 g/mol. The van der Waals surface area contributed by atoms with Gasteiger partial charge in [0.1, 0.15) is 0 Å². The Bertz CT molecular complexity index is 428. The Balaban J connectivity index is 2.09. The lowest BCUT2D eigenvalue weighted by Crippen LogP contribution is -2.48. The first-order valence-electron chi connectivity index (χ1n) is 8.06. The van der Waals surface area contributed by atoms with Crippen LogP contribution in [0.5, 0.6) is 0 Å². The van der Waals surface area contributed by atoms with E-state index in [4.69, 9.17) is 5.73 Å². The van der Waals surface area contributed by atoms with Crippen molar-refractivity contribution in [2.45, 2.75) is 71.3 Å². The molecule has 0 radical (unpaired) electrons. The fourth-order valence-electron chi connectivity index (χ4n) is 4.00. The van der Waals surface area contributed by atoms with Crippen LogP contribution in [0, 0.1) is 11.8 Å². The molecular weight excluding hydrogens is 242 g/mol. The maximum atomic E-state index is 6.70. The zero-order valence-corrected chi connectivity index (χ0v) is 13.9. The molecule has 0 aromatic heterocycles. The standard InChI is InChI=1S/C19H31N/c1-14-10-15(2)12-19(20,11-14)13-16-6-8-17(9-7-16)18(3,4)5/h6-9,14-15H,10-13,20H2,1-5H3. The molecule has 0 amide bonds. The van der Waals surface area contributed by atoms with Crippen molar-refractivity contribution < 1.29 is 0 Å². The highest BCUT2D eigenvalue weighted by molar-refractivity contribution is 5.28. The van der Waals surface area contributed by atoms with E-state index in [1.807, 2.05) is 0 Å². The van der Waals surface area contributed by atoms with Crippen molar-refractivity contribution in [3.63, 3.8) is 0 Å². The lowest BCUT2D eigenvalue weighted by molar-refractivity contribution is 0.182. The minimum Gasteiger partial charge on any atom is -0.325 e. The molecule has 0 aliphatic heterocycles. The monoisotopic (exact) mass is 273 g/mol. The summed E-state index contributed by atoms with van der Waals surface area (Å²) in [5.41, 5.74) is 9.72. The summed E-state index contributed by atoms with van der Waals surface area (Å²) in [6.45, 7) is 11.5. The summed E-state index contributed by atoms with van der Waals surface area (Å²) in [7, 11) is 0. The molecule has 20 heavy (non-hydrogen) atoms. The Labute approximate surface area is 125 Å². The zero-order chi connectivity index (χ0) is 15.0. The van der Waals surface area contributed by atoms with Crippen LogP contribution in [0.2, 0.25) is 0 Å². The van der Waals surface area contributed by atoms with Crippen LogP contribution in [-0.4, -0.2) is 5.54 Å². The molecule has 0 bridgehead atoms. The minimum absolute atomic E-state index is 0.000330. The molecule has 2 atom stereocenters. The topological polar surface area (TPSA) is 26.0 Å². The molecule has 2 N–H and O–H groups in total. The Morgan fingerprint density at radius 2 is 1.55 bits per heavy atom. The highest BCUT2D eigenvalue weighted by Crippen LogP contribution is 2.36. The quantitative estimate of drug-likeness (QED) is 0.832. The highest BCUT2D eigenvalue weighted by Gasteiger charge is 2.34. The van der Waals surface area contributed by atoms with Gasteiger partial charge in [-0.3, -0.25) is 0 Å². The van der Waals surface area contributed by atoms with E-state index in [1.165, 1.54) is 30.4 Å². The van der Waals surface area contributed by atoms with Gasteiger partial charge in [0.2, 0.25) is 0 Å². The van der Waals surface area contributed by atoms with Crippen molar-refractivity contribution >= 4 is 0 Å². The van der Waals surface area contributed by atoms with Gasteiger partial charge in [-0.15, -0.1) is 0 Å². The van der Waals surface area contributed by atoms with Crippen LogP contribution in [0.25, 0.3) is 0 Å². The van der Waals surface area contributed by atoms with Crippen LogP contribution in [0.4, 0.5) is 0 Å². The lowest BCUT2D eigenvalue weighted by Gasteiger charge is -2.40. The van der Waals surface area contributed by atoms with Crippen LogP contribution in [0.3, 0.4) is 0 Å². The number of hydrogen-bond acceptors (Lipinski definition) is 1. The van der Waals surface area contributed by atoms with E-state index in [-0.39, 0.29) is 11.0 Å². The third kappa shape index (κ3) is 3.85. The van der Waals surface area contributed by atoms with E-state index in [0.29, 0.717) is 0 Å². The first-order valence-corrected chi connectivity index (χ1v) is 8.06. The predicted octanol–water partition coefficient (Wildman–Crippen LogP) is 4.68. The van der Waals surface area contributed by atoms with E-state index < -0.39 is 0 Å². The molecule has 1 fully saturated rings. The summed E-state index contributed by atoms with van der Waals surface area (Å²) in [6.07, 6.45) is 4.69. The van der Waals surface area contributed by atoms with Gasteiger partial charge in [-0.2, -0.15) is 0 Å². The summed E-state index contributed by atoms with van der Waals surface area (Å²) >= 11 is 0. The molecule has 112 valence electrons. The summed E-state index contributed by atoms with van der Waals surface area (Å²) in [4.78, 5) is 0. The number of hydrogen-bond donors (Lipinski definition) is 1. The summed E-state index contributed by atoms with van der Waals surface area (Å²) < 4.78 is 0. The van der Waals surface area contributed by atoms with Crippen molar-refractivity contribution in [1.82, 2.24) is 0 Å². The second-order valence-electron chi connectivity index (χ2n) is 8.34. The Kier molecular flexibility index (Phi) is 4.30. The largest absolute Gasteiger partial charge is 0.325 e. The fraction of sp³-hybridized carbons (Fsp3) is 0.684. The SMILES string of the molecule is CC1CC(C)CC(N)(Cc2ccc(C(C)(C)C)cc2)C1. The third-order valence-corrected chi connectivity index (χ3v) is 4.69. The van der Waals surface area contributed by atoms with E-state index in [0.717, 1.165) is 18.3 Å². The van der Waals surface area contributed by atoms with Gasteiger partial charge in [-0.05, 0) is 54.1 Å². The summed E-state index contributed by atoms with van der Waals surface area (Å²) in [5.74, 6) is 1.52. The zero-order valence-electron chi connectivity index (χ0n) is 13.9. The van der Waals surface area contributed by atoms with Gasteiger partial charge < -0.3 is 5.73 Å². The maximum absolute atomic E-state index is 6.70. The third-order valence-electron chi connectivity index (χ3n) is 4.69. The molecule has 1 nitrogen and oxygen atoms in total. The molecule has 1 saturated carbocycles. The van der Waals surface area contributed by atoms with Gasteiger partial charge in [0, 0.05) is 5.54 Å². The van der Waals surface area contributed by atoms with Crippen molar-refractivity contribution in [2.24, 2.45) is 17.6 Å². The Morgan fingerprint density at radius 3 is 2.00 bits per heavy atom. The number of nitrogens with two attached hydrogens (primary N) is 1. The molecule has 0 saturated heterocycles. The molecule has 1 aliphatic carbocycles. The van der Waals surface area contributed by atoms with Crippen LogP contribution in [-0.2, 0) is 11.8 Å². The molecule has 0 heterocycles. The second kappa shape index (κ2) is 5.52. The van der Waals surface area contributed by atoms with Crippen molar-refractivity contribution in [2.75, 3.05) is 0 Å². The van der Waals surface area contributed by atoms with E-state index >= 15 is 0 Å². The van der Waals surface area contributed by atoms with Crippen molar-refractivity contribution in [3.05, 3.63) is 35.4 Å². The van der Waals surface area contributed by atoms with E-state index in [2.05, 4.69) is 58.9 Å². The summed E-state index contributed by atoms with van der Waals surface area (Å²) in [6, 6.07) is 9.10. The Hall–Kier alpha value is -0.820. The van der Waals surface area contributed by atoms with E-state index in [9.17, 15) is 0 Å². The average Bonchev–Trinajstić information content (AvgIpc) is 2.25. The van der Waals surface area contributed by atoms with Gasteiger partial charge in [0.25, 0.3) is 0 Å². The highest BCUT2D eigenvalue weighted by atomic mass is 14.8. The first-order chi connectivity index (χ1) is 9.18. The van der Waals surface area contributed by atoms with Crippen LogP contribution in [0.15, 0.2) is 24.3 Å². The molecule has 0 spiro atoms. The van der Waals surface area contributed by atoms with Gasteiger partial charge in [-0.25, -0.2) is 0 Å². The predicted molar refractivity (Wildman–Crippen MR) is 87.9 cm³/mol. The molecule has 1 aliphatic rings. The first kappa shape index (κ1) is 15.6. The normalized spacial score (nSPS) is 31.3. The van der Waals surface area contributed by atoms with Gasteiger partial charge in [0.05, 0.1) is 0 Å². The fourth-order valence-corrected chi connectivity index (χ4v) is 4.00. The lowest BCUT2D eigenvalue weighted by atomic mass is 9.70. The van der Waals surface area contributed by atoms with Crippen LogP contribution < -0.4 is 5.73 Å².